The maximum atomic E-state index is 13.8. The molecule has 1 atom stereocenters. The Bertz CT molecular complexity index is 1610. The summed E-state index contributed by atoms with van der Waals surface area (Å²) < 4.78 is 55.6. The third-order valence-electron chi connectivity index (χ3n) is 5.56. The van der Waals surface area contributed by atoms with Crippen LogP contribution in [-0.4, -0.2) is 29.6 Å². The first-order valence-corrected chi connectivity index (χ1v) is 10.8. The average molecular weight is 498 g/mol. The molecule has 0 radical (unpaired) electrons. The molecule has 184 valence electrons. The summed E-state index contributed by atoms with van der Waals surface area (Å²) in [5, 5.41) is 2.58. The molecular weight excluding hydrogens is 480 g/mol. The molecule has 3 heterocycles. The van der Waals surface area contributed by atoms with Gasteiger partial charge in [-0.25, -0.2) is 29.0 Å². The number of alkyl halides is 3. The van der Waals surface area contributed by atoms with Crippen molar-refractivity contribution in [3.8, 4) is 0 Å². The molecule has 0 amide bonds. The first-order chi connectivity index (χ1) is 17.3. The van der Waals surface area contributed by atoms with Crippen molar-refractivity contribution >= 4 is 33.6 Å². The second-order valence-corrected chi connectivity index (χ2v) is 7.85. The Balaban J connectivity index is 1.71. The van der Waals surface area contributed by atoms with Crippen LogP contribution in [-0.2, 0) is 6.18 Å². The maximum absolute atomic E-state index is 13.8. The lowest BCUT2D eigenvalue weighted by Gasteiger charge is -2.23. The van der Waals surface area contributed by atoms with Crippen molar-refractivity contribution in [2.45, 2.75) is 25.6 Å². The van der Waals surface area contributed by atoms with Gasteiger partial charge >= 0.3 is 6.18 Å². The van der Waals surface area contributed by atoms with Crippen LogP contribution >= 0.6 is 0 Å². The van der Waals surface area contributed by atoms with E-state index in [0.29, 0.717) is 23.4 Å². The van der Waals surface area contributed by atoms with Gasteiger partial charge < -0.3 is 10.3 Å². The van der Waals surface area contributed by atoms with Crippen molar-refractivity contribution in [1.82, 2.24) is 29.6 Å². The zero-order valence-corrected chi connectivity index (χ0v) is 18.6. The highest BCUT2D eigenvalue weighted by Gasteiger charge is 2.35. The molecular formula is C23H18F4N8O. The van der Waals surface area contributed by atoms with Crippen molar-refractivity contribution in [2.24, 2.45) is 0 Å². The molecule has 0 spiro atoms. The molecule has 3 N–H and O–H groups in total. The van der Waals surface area contributed by atoms with Crippen molar-refractivity contribution in [2.75, 3.05) is 10.7 Å². The highest BCUT2D eigenvalue weighted by atomic mass is 19.4. The Kier molecular flexibility index (Phi) is 5.74. The summed E-state index contributed by atoms with van der Waals surface area (Å²) >= 11 is 0. The summed E-state index contributed by atoms with van der Waals surface area (Å²) in [4.78, 5) is 33.4. The Hall–Kier alpha value is -4.55. The quantitative estimate of drug-likeness (QED) is 0.292. The Morgan fingerprint density at radius 3 is 2.58 bits per heavy atom. The van der Waals surface area contributed by atoms with Crippen LogP contribution in [0.1, 0.15) is 30.8 Å². The van der Waals surface area contributed by atoms with E-state index in [1.165, 1.54) is 36.9 Å². The number of fused-ring (bicyclic) bond motifs is 2. The van der Waals surface area contributed by atoms with Crippen LogP contribution in [0, 0.1) is 5.82 Å². The summed E-state index contributed by atoms with van der Waals surface area (Å²) in [7, 11) is 0. The van der Waals surface area contributed by atoms with E-state index in [0.717, 1.165) is 22.9 Å². The second-order valence-electron chi connectivity index (χ2n) is 7.85. The first kappa shape index (κ1) is 23.2. The number of hydrogen-bond donors (Lipinski definition) is 3. The van der Waals surface area contributed by atoms with Gasteiger partial charge in [-0.1, -0.05) is 13.0 Å². The molecule has 0 saturated heterocycles. The van der Waals surface area contributed by atoms with E-state index in [4.69, 9.17) is 0 Å². The van der Waals surface area contributed by atoms with Crippen LogP contribution in [0.15, 0.2) is 59.9 Å². The number of H-pyrrole nitrogens is 1. The molecule has 0 unspecified atom stereocenters. The predicted molar refractivity (Wildman–Crippen MR) is 125 cm³/mol. The minimum Gasteiger partial charge on any atom is -0.358 e. The molecule has 5 aromatic rings. The SMILES string of the molecule is CC[C@H](Nc1ncnc2[nH]cnc12)c1nc2cccc(C(F)(F)F)c2c(=O)n1Nc1ccc(F)cc1. The Labute approximate surface area is 200 Å². The summed E-state index contributed by atoms with van der Waals surface area (Å²) in [5.74, 6) is -0.0650. The highest BCUT2D eigenvalue weighted by Crippen LogP contribution is 2.33. The largest absolute Gasteiger partial charge is 0.417 e. The molecule has 3 aromatic heterocycles. The van der Waals surface area contributed by atoms with Gasteiger partial charge in [-0.05, 0) is 42.8 Å². The van der Waals surface area contributed by atoms with E-state index in [1.807, 2.05) is 6.92 Å². The Morgan fingerprint density at radius 1 is 1.08 bits per heavy atom. The summed E-state index contributed by atoms with van der Waals surface area (Å²) in [6.45, 7) is 1.81. The maximum Gasteiger partial charge on any atom is 0.417 e. The molecule has 0 aliphatic heterocycles. The summed E-state index contributed by atoms with van der Waals surface area (Å²) in [6, 6.07) is 7.74. The van der Waals surface area contributed by atoms with Crippen molar-refractivity contribution in [1.29, 1.82) is 0 Å². The lowest BCUT2D eigenvalue weighted by molar-refractivity contribution is -0.136. The van der Waals surface area contributed by atoms with Gasteiger partial charge in [0, 0.05) is 0 Å². The van der Waals surface area contributed by atoms with Gasteiger partial charge in [0.1, 0.15) is 17.7 Å². The Morgan fingerprint density at radius 2 is 1.86 bits per heavy atom. The first-order valence-electron chi connectivity index (χ1n) is 10.8. The number of imidazole rings is 1. The summed E-state index contributed by atoms with van der Waals surface area (Å²) in [5.41, 5.74) is 1.80. The lowest BCUT2D eigenvalue weighted by atomic mass is 10.1. The molecule has 0 bridgehead atoms. The normalized spacial score (nSPS) is 12.7. The molecule has 9 nitrogen and oxygen atoms in total. The number of nitrogens with zero attached hydrogens (tertiary/aromatic N) is 5. The van der Waals surface area contributed by atoms with Crippen LogP contribution in [0.25, 0.3) is 22.1 Å². The van der Waals surface area contributed by atoms with E-state index in [2.05, 4.69) is 35.7 Å². The molecule has 0 saturated carbocycles. The van der Waals surface area contributed by atoms with Gasteiger partial charge in [0.05, 0.1) is 34.5 Å². The van der Waals surface area contributed by atoms with E-state index in [1.54, 1.807) is 0 Å². The van der Waals surface area contributed by atoms with E-state index >= 15 is 0 Å². The standard InChI is InChI=1S/C23H18F4N8O/c1-2-15(32-20-18-19(29-10-28-18)30-11-31-20)21-33-16-5-3-4-14(23(25,26)27)17(16)22(36)35(21)34-13-8-6-12(24)7-9-13/h3-11,15,34H,2H2,1H3,(H2,28,29,30,31,32)/t15-/m0/s1. The van der Waals surface area contributed by atoms with Crippen LogP contribution in [0.3, 0.4) is 0 Å². The topological polar surface area (TPSA) is 113 Å². The van der Waals surface area contributed by atoms with Crippen molar-refractivity contribution < 1.29 is 17.6 Å². The zero-order chi connectivity index (χ0) is 25.4. The zero-order valence-electron chi connectivity index (χ0n) is 18.6. The third kappa shape index (κ3) is 4.19. The van der Waals surface area contributed by atoms with Crippen LogP contribution in [0.4, 0.5) is 29.1 Å². The molecule has 5 rings (SSSR count). The predicted octanol–water partition coefficient (Wildman–Crippen LogP) is 4.66. The van der Waals surface area contributed by atoms with E-state index in [9.17, 15) is 22.4 Å². The number of aromatic nitrogens is 6. The van der Waals surface area contributed by atoms with Crippen LogP contribution in [0.2, 0.25) is 0 Å². The molecule has 0 fully saturated rings. The number of rotatable bonds is 6. The summed E-state index contributed by atoms with van der Waals surface area (Å²) in [6.07, 6.45) is -1.63. The van der Waals surface area contributed by atoms with Crippen LogP contribution in [0.5, 0.6) is 0 Å². The monoisotopic (exact) mass is 498 g/mol. The molecule has 13 heteroatoms. The average Bonchev–Trinajstić information content (AvgIpc) is 3.34. The van der Waals surface area contributed by atoms with E-state index < -0.39 is 34.5 Å². The van der Waals surface area contributed by atoms with Crippen molar-refractivity contribution in [3.63, 3.8) is 0 Å². The minimum atomic E-state index is -4.77. The number of halogens is 4. The molecule has 0 aliphatic carbocycles. The van der Waals surface area contributed by atoms with Gasteiger partial charge in [-0.2, -0.15) is 13.2 Å². The van der Waals surface area contributed by atoms with Gasteiger partial charge in [-0.3, -0.25) is 10.2 Å². The third-order valence-corrected chi connectivity index (χ3v) is 5.56. The minimum absolute atomic E-state index is 0.0981. The van der Waals surface area contributed by atoms with Gasteiger partial charge in [0.2, 0.25) is 0 Å². The van der Waals surface area contributed by atoms with Crippen molar-refractivity contribution in [3.05, 3.63) is 82.7 Å². The number of nitrogens with one attached hydrogen (secondary N) is 3. The fraction of sp³-hybridized carbons (Fsp3) is 0.174. The number of hydrogen-bond acceptors (Lipinski definition) is 7. The highest BCUT2D eigenvalue weighted by molar-refractivity contribution is 5.83. The number of benzene rings is 2. The van der Waals surface area contributed by atoms with Gasteiger partial charge in [-0.15, -0.1) is 0 Å². The number of aromatic amines is 1. The second kappa shape index (κ2) is 8.91. The van der Waals surface area contributed by atoms with Crippen LogP contribution < -0.4 is 16.3 Å². The molecule has 36 heavy (non-hydrogen) atoms. The van der Waals surface area contributed by atoms with Gasteiger partial charge in [0.15, 0.2) is 17.3 Å². The lowest BCUT2D eigenvalue weighted by Crippen LogP contribution is -2.34. The van der Waals surface area contributed by atoms with E-state index in [-0.39, 0.29) is 17.0 Å². The fourth-order valence-electron chi connectivity index (χ4n) is 3.86. The van der Waals surface area contributed by atoms with Gasteiger partial charge in [0.25, 0.3) is 5.56 Å². The molecule has 2 aromatic carbocycles. The fourth-order valence-corrected chi connectivity index (χ4v) is 3.86. The molecule has 0 aliphatic rings. The number of anilines is 2. The smallest absolute Gasteiger partial charge is 0.358 e.